The highest BCUT2D eigenvalue weighted by atomic mass is 35.5. The summed E-state index contributed by atoms with van der Waals surface area (Å²) in [5.74, 6) is 1.28. The lowest BCUT2D eigenvalue weighted by atomic mass is 10.1. The van der Waals surface area contributed by atoms with Crippen LogP contribution >= 0.6 is 11.6 Å². The Labute approximate surface area is 157 Å². The first-order chi connectivity index (χ1) is 12.7. The van der Waals surface area contributed by atoms with Crippen LogP contribution in [0.4, 0.5) is 0 Å². The Morgan fingerprint density at radius 3 is 2.73 bits per heavy atom. The van der Waals surface area contributed by atoms with Crippen molar-refractivity contribution in [2.24, 2.45) is 0 Å². The third kappa shape index (κ3) is 4.43. The quantitative estimate of drug-likeness (QED) is 0.592. The van der Waals surface area contributed by atoms with Crippen molar-refractivity contribution in [3.05, 3.63) is 64.7 Å². The number of fused-ring (bicyclic) bond motifs is 1. The molecule has 0 amide bonds. The standard InChI is InChI=1S/C20H21ClN2O3/c1-25-17-7-6-14-10-16(12-22-8-9-24)20(23-19(14)11-17)26-13-15-4-2-3-5-18(15)21/h2-7,10-11,22,24H,8-9,12-13H2,1H3. The lowest BCUT2D eigenvalue weighted by Crippen LogP contribution is -2.18. The molecule has 5 nitrogen and oxygen atoms in total. The molecule has 1 aromatic heterocycles. The van der Waals surface area contributed by atoms with Gasteiger partial charge in [-0.2, -0.15) is 0 Å². The molecule has 0 aliphatic carbocycles. The van der Waals surface area contributed by atoms with Crippen molar-refractivity contribution >= 4 is 22.5 Å². The van der Waals surface area contributed by atoms with Crippen LogP contribution in [-0.4, -0.2) is 30.4 Å². The van der Waals surface area contributed by atoms with E-state index in [9.17, 15) is 0 Å². The second-order valence-corrected chi connectivity index (χ2v) is 6.20. The number of ether oxygens (including phenoxy) is 2. The van der Waals surface area contributed by atoms with Gasteiger partial charge < -0.3 is 19.9 Å². The zero-order chi connectivity index (χ0) is 18.4. The molecule has 3 rings (SSSR count). The SMILES string of the molecule is COc1ccc2cc(CNCCO)c(OCc3ccccc3Cl)nc2c1. The number of aliphatic hydroxyl groups excluding tert-OH is 1. The zero-order valence-electron chi connectivity index (χ0n) is 14.5. The van der Waals surface area contributed by atoms with Crippen molar-refractivity contribution in [1.29, 1.82) is 0 Å². The van der Waals surface area contributed by atoms with E-state index in [1.54, 1.807) is 7.11 Å². The summed E-state index contributed by atoms with van der Waals surface area (Å²) in [6, 6.07) is 15.4. The number of rotatable bonds is 8. The molecule has 0 saturated carbocycles. The number of methoxy groups -OCH3 is 1. The molecule has 0 saturated heterocycles. The minimum Gasteiger partial charge on any atom is -0.497 e. The van der Waals surface area contributed by atoms with Gasteiger partial charge in [-0.15, -0.1) is 0 Å². The van der Waals surface area contributed by atoms with Gasteiger partial charge in [0.05, 0.1) is 19.2 Å². The molecule has 0 bridgehead atoms. The van der Waals surface area contributed by atoms with Crippen LogP contribution < -0.4 is 14.8 Å². The zero-order valence-corrected chi connectivity index (χ0v) is 15.3. The molecule has 6 heteroatoms. The summed E-state index contributed by atoms with van der Waals surface area (Å²) >= 11 is 6.21. The fraction of sp³-hybridized carbons (Fsp3) is 0.250. The minimum absolute atomic E-state index is 0.0774. The van der Waals surface area contributed by atoms with Crippen molar-refractivity contribution in [2.75, 3.05) is 20.3 Å². The number of nitrogens with one attached hydrogen (secondary N) is 1. The molecule has 0 unspecified atom stereocenters. The predicted molar refractivity (Wildman–Crippen MR) is 103 cm³/mol. The van der Waals surface area contributed by atoms with Crippen LogP contribution in [-0.2, 0) is 13.2 Å². The molecule has 2 aromatic carbocycles. The molecule has 3 aromatic rings. The third-order valence-corrected chi connectivity index (χ3v) is 4.36. The van der Waals surface area contributed by atoms with E-state index >= 15 is 0 Å². The molecular formula is C20H21ClN2O3. The van der Waals surface area contributed by atoms with Crippen LogP contribution in [0, 0.1) is 0 Å². The fourth-order valence-electron chi connectivity index (χ4n) is 2.62. The number of nitrogens with zero attached hydrogens (tertiary/aromatic N) is 1. The molecule has 0 radical (unpaired) electrons. The average molecular weight is 373 g/mol. The lowest BCUT2D eigenvalue weighted by Gasteiger charge is -2.13. The van der Waals surface area contributed by atoms with Crippen molar-refractivity contribution in [3.8, 4) is 11.6 Å². The number of hydrogen-bond donors (Lipinski definition) is 2. The Hall–Kier alpha value is -2.34. The number of pyridine rings is 1. The number of aliphatic hydroxyl groups is 1. The number of benzene rings is 2. The van der Waals surface area contributed by atoms with E-state index in [0.717, 1.165) is 27.8 Å². The first-order valence-electron chi connectivity index (χ1n) is 8.36. The van der Waals surface area contributed by atoms with E-state index in [0.29, 0.717) is 30.6 Å². The van der Waals surface area contributed by atoms with Crippen molar-refractivity contribution in [1.82, 2.24) is 10.3 Å². The molecule has 0 atom stereocenters. The predicted octanol–water partition coefficient (Wildman–Crippen LogP) is 3.56. The highest BCUT2D eigenvalue weighted by molar-refractivity contribution is 6.31. The summed E-state index contributed by atoms with van der Waals surface area (Å²) in [5.41, 5.74) is 2.61. The molecule has 0 aliphatic rings. The number of hydrogen-bond acceptors (Lipinski definition) is 5. The largest absolute Gasteiger partial charge is 0.497 e. The Balaban J connectivity index is 1.90. The maximum Gasteiger partial charge on any atom is 0.218 e. The van der Waals surface area contributed by atoms with Crippen LogP contribution in [0.3, 0.4) is 0 Å². The van der Waals surface area contributed by atoms with Crippen LogP contribution in [0.25, 0.3) is 10.9 Å². The van der Waals surface area contributed by atoms with Crippen molar-refractivity contribution in [2.45, 2.75) is 13.2 Å². The van der Waals surface area contributed by atoms with E-state index in [1.807, 2.05) is 48.5 Å². The minimum atomic E-state index is 0.0774. The van der Waals surface area contributed by atoms with Crippen LogP contribution in [0.15, 0.2) is 48.5 Å². The third-order valence-electron chi connectivity index (χ3n) is 3.99. The molecule has 0 spiro atoms. The first-order valence-corrected chi connectivity index (χ1v) is 8.74. The summed E-state index contributed by atoms with van der Waals surface area (Å²) in [7, 11) is 1.63. The van der Waals surface area contributed by atoms with Gasteiger partial charge in [0.1, 0.15) is 12.4 Å². The second kappa shape index (κ2) is 8.85. The van der Waals surface area contributed by atoms with E-state index in [1.165, 1.54) is 0 Å². The first kappa shape index (κ1) is 18.5. The van der Waals surface area contributed by atoms with Gasteiger partial charge in [-0.25, -0.2) is 4.98 Å². The molecule has 2 N–H and O–H groups in total. The summed E-state index contributed by atoms with van der Waals surface area (Å²) in [6.45, 7) is 1.46. The second-order valence-electron chi connectivity index (χ2n) is 5.79. The number of halogens is 1. The fourth-order valence-corrected chi connectivity index (χ4v) is 2.81. The van der Waals surface area contributed by atoms with Crippen LogP contribution in [0.1, 0.15) is 11.1 Å². The highest BCUT2D eigenvalue weighted by Gasteiger charge is 2.10. The number of aromatic nitrogens is 1. The van der Waals surface area contributed by atoms with Gasteiger partial charge in [0, 0.05) is 40.7 Å². The lowest BCUT2D eigenvalue weighted by molar-refractivity contribution is 0.283. The van der Waals surface area contributed by atoms with Gasteiger partial charge in [0.25, 0.3) is 0 Å². The van der Waals surface area contributed by atoms with E-state index in [4.69, 9.17) is 26.2 Å². The van der Waals surface area contributed by atoms with Crippen LogP contribution in [0.2, 0.25) is 5.02 Å². The maximum atomic E-state index is 8.99. The monoisotopic (exact) mass is 372 g/mol. The summed E-state index contributed by atoms with van der Waals surface area (Å²) in [6.07, 6.45) is 0. The van der Waals surface area contributed by atoms with E-state index in [-0.39, 0.29) is 6.61 Å². The van der Waals surface area contributed by atoms with Gasteiger partial charge in [-0.3, -0.25) is 0 Å². The molecule has 0 aliphatic heterocycles. The smallest absolute Gasteiger partial charge is 0.218 e. The topological polar surface area (TPSA) is 63.6 Å². The normalized spacial score (nSPS) is 10.9. The summed E-state index contributed by atoms with van der Waals surface area (Å²) < 4.78 is 11.3. The Morgan fingerprint density at radius 1 is 1.12 bits per heavy atom. The van der Waals surface area contributed by atoms with Gasteiger partial charge in [-0.1, -0.05) is 29.8 Å². The molecule has 136 valence electrons. The van der Waals surface area contributed by atoms with Crippen molar-refractivity contribution in [3.63, 3.8) is 0 Å². The van der Waals surface area contributed by atoms with E-state index < -0.39 is 0 Å². The molecular weight excluding hydrogens is 352 g/mol. The summed E-state index contributed by atoms with van der Waals surface area (Å²) in [5, 5.41) is 13.8. The average Bonchev–Trinajstić information content (AvgIpc) is 2.67. The Bertz CT molecular complexity index is 886. The van der Waals surface area contributed by atoms with Crippen molar-refractivity contribution < 1.29 is 14.6 Å². The Morgan fingerprint density at radius 2 is 1.96 bits per heavy atom. The maximum absolute atomic E-state index is 8.99. The summed E-state index contributed by atoms with van der Waals surface area (Å²) in [4.78, 5) is 4.66. The van der Waals surface area contributed by atoms with Gasteiger partial charge in [0.2, 0.25) is 5.88 Å². The van der Waals surface area contributed by atoms with Gasteiger partial charge >= 0.3 is 0 Å². The van der Waals surface area contributed by atoms with Gasteiger partial charge in [-0.05, 0) is 24.3 Å². The molecule has 26 heavy (non-hydrogen) atoms. The van der Waals surface area contributed by atoms with E-state index in [2.05, 4.69) is 10.3 Å². The van der Waals surface area contributed by atoms with Gasteiger partial charge in [0.15, 0.2) is 0 Å². The van der Waals surface area contributed by atoms with Crippen LogP contribution in [0.5, 0.6) is 11.6 Å². The highest BCUT2D eigenvalue weighted by Crippen LogP contribution is 2.27. The molecule has 0 fully saturated rings. The Kier molecular flexibility index (Phi) is 6.28. The molecule has 1 heterocycles.